The lowest BCUT2D eigenvalue weighted by Crippen LogP contribution is -2.34. The second-order valence-corrected chi connectivity index (χ2v) is 4.38. The van der Waals surface area contributed by atoms with E-state index in [0.717, 1.165) is 6.07 Å². The second kappa shape index (κ2) is 6.40. The molecule has 0 aromatic heterocycles. The van der Waals surface area contributed by atoms with E-state index in [4.69, 9.17) is 4.74 Å². The Balaban J connectivity index is 2.89. The van der Waals surface area contributed by atoms with Crippen molar-refractivity contribution in [1.29, 1.82) is 0 Å². The zero-order valence-electron chi connectivity index (χ0n) is 11.0. The highest BCUT2D eigenvalue weighted by Crippen LogP contribution is 2.36. The molecule has 0 aliphatic rings. The maximum Gasteiger partial charge on any atom is 0.419 e. The average molecular weight is 289 g/mol. The third-order valence-corrected chi connectivity index (χ3v) is 2.25. The van der Waals surface area contributed by atoms with E-state index >= 15 is 0 Å². The van der Waals surface area contributed by atoms with E-state index in [2.05, 4.69) is 5.32 Å². The molecule has 1 aromatic carbocycles. The van der Waals surface area contributed by atoms with Crippen LogP contribution < -0.4 is 10.1 Å². The Labute approximate surface area is 113 Å². The zero-order valence-corrected chi connectivity index (χ0v) is 11.0. The lowest BCUT2D eigenvalue weighted by Gasteiger charge is -2.15. The molecule has 1 aromatic rings. The van der Waals surface area contributed by atoms with Crippen molar-refractivity contribution in [1.82, 2.24) is 5.32 Å². The van der Waals surface area contributed by atoms with Crippen LogP contribution in [0.4, 0.5) is 13.2 Å². The van der Waals surface area contributed by atoms with Crippen molar-refractivity contribution in [3.05, 3.63) is 29.3 Å². The molecule has 20 heavy (non-hydrogen) atoms. The minimum atomic E-state index is -4.66. The van der Waals surface area contributed by atoms with Gasteiger partial charge in [0.05, 0.1) is 5.56 Å². The van der Waals surface area contributed by atoms with E-state index < -0.39 is 30.0 Å². The van der Waals surface area contributed by atoms with Crippen LogP contribution in [0.15, 0.2) is 18.2 Å². The van der Waals surface area contributed by atoms with Gasteiger partial charge >= 0.3 is 6.18 Å². The summed E-state index contributed by atoms with van der Waals surface area (Å²) in [6.07, 6.45) is -4.35. The summed E-state index contributed by atoms with van der Waals surface area (Å²) in [5.41, 5.74) is -1.20. The van der Waals surface area contributed by atoms with Gasteiger partial charge in [-0.15, -0.1) is 0 Å². The highest BCUT2D eigenvalue weighted by Gasteiger charge is 2.34. The van der Waals surface area contributed by atoms with Gasteiger partial charge in [0.15, 0.2) is 6.61 Å². The minimum absolute atomic E-state index is 0.115. The Morgan fingerprint density at radius 3 is 2.55 bits per heavy atom. The summed E-state index contributed by atoms with van der Waals surface area (Å²) in [5.74, 6) is -1.01. The molecule has 1 N–H and O–H groups in total. The van der Waals surface area contributed by atoms with E-state index in [-0.39, 0.29) is 11.6 Å². The minimum Gasteiger partial charge on any atom is -0.483 e. The molecule has 0 aliphatic heterocycles. The monoisotopic (exact) mass is 289 g/mol. The summed E-state index contributed by atoms with van der Waals surface area (Å²) in [5, 5.41) is 2.49. The molecule has 0 heterocycles. The molecule has 0 unspecified atom stereocenters. The lowest BCUT2D eigenvalue weighted by atomic mass is 10.1. The van der Waals surface area contributed by atoms with Crippen LogP contribution in [0.1, 0.15) is 29.8 Å². The largest absolute Gasteiger partial charge is 0.483 e. The van der Waals surface area contributed by atoms with Gasteiger partial charge in [0, 0.05) is 11.6 Å². The Kier molecular flexibility index (Phi) is 5.12. The summed E-state index contributed by atoms with van der Waals surface area (Å²) in [6.45, 7) is 2.91. The number of nitrogens with one attached hydrogen (secondary N) is 1. The fourth-order valence-corrected chi connectivity index (χ4v) is 1.48. The van der Waals surface area contributed by atoms with Crippen LogP contribution in [0.25, 0.3) is 0 Å². The van der Waals surface area contributed by atoms with E-state index in [9.17, 15) is 22.8 Å². The molecule has 0 spiro atoms. The molecule has 0 aliphatic carbocycles. The molecule has 1 amide bonds. The van der Waals surface area contributed by atoms with Gasteiger partial charge in [0.25, 0.3) is 5.91 Å². The van der Waals surface area contributed by atoms with E-state index in [0.29, 0.717) is 12.4 Å². The molecule has 0 bridgehead atoms. The highest BCUT2D eigenvalue weighted by atomic mass is 19.4. The first-order valence-electron chi connectivity index (χ1n) is 5.82. The number of halogens is 3. The van der Waals surface area contributed by atoms with Gasteiger partial charge in [-0.05, 0) is 32.0 Å². The summed E-state index contributed by atoms with van der Waals surface area (Å²) in [7, 11) is 0. The van der Waals surface area contributed by atoms with Crippen LogP contribution >= 0.6 is 0 Å². The quantitative estimate of drug-likeness (QED) is 0.847. The van der Waals surface area contributed by atoms with E-state index in [1.54, 1.807) is 13.8 Å². The third kappa shape index (κ3) is 4.56. The van der Waals surface area contributed by atoms with Crippen molar-refractivity contribution in [2.24, 2.45) is 0 Å². The molecule has 7 heteroatoms. The molecule has 0 radical (unpaired) electrons. The molecule has 0 saturated heterocycles. The number of benzene rings is 1. The van der Waals surface area contributed by atoms with E-state index in [1.807, 2.05) is 0 Å². The Morgan fingerprint density at radius 1 is 1.40 bits per heavy atom. The zero-order chi connectivity index (χ0) is 15.3. The smallest absolute Gasteiger partial charge is 0.419 e. The van der Waals surface area contributed by atoms with Crippen LogP contribution in [-0.2, 0) is 11.0 Å². The summed E-state index contributed by atoms with van der Waals surface area (Å²) < 4.78 is 43.3. The SMILES string of the molecule is CC(C)NC(=O)COc1ccc(C=O)cc1C(F)(F)F. The Morgan fingerprint density at radius 2 is 2.05 bits per heavy atom. The molecule has 4 nitrogen and oxygen atoms in total. The molecule has 0 atom stereocenters. The number of ether oxygens (including phenoxy) is 1. The molecule has 1 rings (SSSR count). The van der Waals surface area contributed by atoms with Crippen molar-refractivity contribution in [3.8, 4) is 5.75 Å². The van der Waals surface area contributed by atoms with Crippen molar-refractivity contribution >= 4 is 12.2 Å². The second-order valence-electron chi connectivity index (χ2n) is 4.38. The van der Waals surface area contributed by atoms with Gasteiger partial charge in [-0.2, -0.15) is 13.2 Å². The normalized spacial score (nSPS) is 11.3. The van der Waals surface area contributed by atoms with Crippen LogP contribution in [-0.4, -0.2) is 24.8 Å². The van der Waals surface area contributed by atoms with Crippen molar-refractivity contribution in [3.63, 3.8) is 0 Å². The van der Waals surface area contributed by atoms with Crippen LogP contribution in [0.5, 0.6) is 5.75 Å². The number of carbonyl (C=O) groups is 2. The number of amides is 1. The number of aldehydes is 1. The van der Waals surface area contributed by atoms with Crippen LogP contribution in [0.2, 0.25) is 0 Å². The van der Waals surface area contributed by atoms with Crippen molar-refractivity contribution in [2.75, 3.05) is 6.61 Å². The highest BCUT2D eigenvalue weighted by molar-refractivity contribution is 5.78. The maximum absolute atomic E-state index is 12.8. The van der Waals surface area contributed by atoms with Gasteiger partial charge < -0.3 is 10.1 Å². The Bertz CT molecular complexity index is 498. The number of carbonyl (C=O) groups excluding carboxylic acids is 2. The summed E-state index contributed by atoms with van der Waals surface area (Å²) in [4.78, 5) is 21.8. The predicted molar refractivity (Wildman–Crippen MR) is 65.6 cm³/mol. The van der Waals surface area contributed by atoms with Gasteiger partial charge in [-0.25, -0.2) is 0 Å². The fourth-order valence-electron chi connectivity index (χ4n) is 1.48. The third-order valence-electron chi connectivity index (χ3n) is 2.25. The topological polar surface area (TPSA) is 55.4 Å². The molecular formula is C13H14F3NO3. The van der Waals surface area contributed by atoms with E-state index in [1.165, 1.54) is 6.07 Å². The first kappa shape index (κ1) is 16.0. The Hall–Kier alpha value is -2.05. The van der Waals surface area contributed by atoms with Crippen LogP contribution in [0.3, 0.4) is 0 Å². The van der Waals surface area contributed by atoms with Crippen molar-refractivity contribution in [2.45, 2.75) is 26.1 Å². The lowest BCUT2D eigenvalue weighted by molar-refractivity contribution is -0.139. The first-order valence-corrected chi connectivity index (χ1v) is 5.82. The predicted octanol–water partition coefficient (Wildman–Crippen LogP) is 2.42. The number of rotatable bonds is 5. The summed E-state index contributed by atoms with van der Waals surface area (Å²) >= 11 is 0. The number of hydrogen-bond acceptors (Lipinski definition) is 3. The van der Waals surface area contributed by atoms with Gasteiger partial charge in [0.2, 0.25) is 0 Å². The molecule has 110 valence electrons. The maximum atomic E-state index is 12.8. The van der Waals surface area contributed by atoms with Crippen LogP contribution in [0, 0.1) is 0 Å². The fraction of sp³-hybridized carbons (Fsp3) is 0.385. The standard InChI is InChI=1S/C13H14F3NO3/c1-8(2)17-12(19)7-20-11-4-3-9(6-18)5-10(11)13(14,15)16/h3-6,8H,7H2,1-2H3,(H,17,19). The first-order chi connectivity index (χ1) is 9.24. The van der Waals surface area contributed by atoms with Gasteiger partial charge in [0.1, 0.15) is 12.0 Å². The molecule has 0 fully saturated rings. The number of hydrogen-bond donors (Lipinski definition) is 1. The van der Waals surface area contributed by atoms with Gasteiger partial charge in [-0.1, -0.05) is 0 Å². The van der Waals surface area contributed by atoms with Crippen molar-refractivity contribution < 1.29 is 27.5 Å². The average Bonchev–Trinajstić information content (AvgIpc) is 2.34. The number of alkyl halides is 3. The molecular weight excluding hydrogens is 275 g/mol. The van der Waals surface area contributed by atoms with Gasteiger partial charge in [-0.3, -0.25) is 9.59 Å². The molecule has 0 saturated carbocycles. The summed E-state index contributed by atoms with van der Waals surface area (Å²) in [6, 6.07) is 2.76.